The Balaban J connectivity index is 3.00. The Morgan fingerprint density at radius 2 is 1.91 bits per heavy atom. The van der Waals surface area contributed by atoms with Gasteiger partial charge in [0.05, 0.1) is 12.7 Å². The molecule has 1 rings (SSSR count). The average molecular weight is 308 g/mol. The van der Waals surface area contributed by atoms with E-state index in [1.54, 1.807) is 0 Å². The largest absolute Gasteiger partial charge is 0.493 e. The Kier molecular flexibility index (Phi) is 7.87. The van der Waals surface area contributed by atoms with Crippen molar-refractivity contribution in [2.75, 3.05) is 20.2 Å². The van der Waals surface area contributed by atoms with Gasteiger partial charge in [-0.15, -0.1) is 0 Å². The summed E-state index contributed by atoms with van der Waals surface area (Å²) in [5.41, 5.74) is 7.67. The highest BCUT2D eigenvalue weighted by Crippen LogP contribution is 2.31. The number of nitrogens with one attached hydrogen (secondary N) is 1. The van der Waals surface area contributed by atoms with Crippen LogP contribution in [0.2, 0.25) is 0 Å². The van der Waals surface area contributed by atoms with E-state index in [4.69, 9.17) is 10.5 Å². The summed E-state index contributed by atoms with van der Waals surface area (Å²) in [6, 6.07) is 5.96. The highest BCUT2D eigenvalue weighted by molar-refractivity contribution is 5.40. The van der Waals surface area contributed by atoms with E-state index in [0.717, 1.165) is 23.3 Å². The van der Waals surface area contributed by atoms with E-state index in [9.17, 15) is 5.11 Å². The quantitative estimate of drug-likeness (QED) is 0.656. The molecule has 0 amide bonds. The maximum absolute atomic E-state index is 10.6. The Morgan fingerprint density at radius 3 is 2.41 bits per heavy atom. The van der Waals surface area contributed by atoms with Gasteiger partial charge in [0.1, 0.15) is 5.75 Å². The van der Waals surface area contributed by atoms with Gasteiger partial charge in [-0.2, -0.15) is 0 Å². The van der Waals surface area contributed by atoms with Gasteiger partial charge in [0.25, 0.3) is 0 Å². The fourth-order valence-electron chi connectivity index (χ4n) is 2.46. The van der Waals surface area contributed by atoms with Crippen LogP contribution in [0.4, 0.5) is 0 Å². The molecule has 0 radical (unpaired) electrons. The van der Waals surface area contributed by atoms with Gasteiger partial charge in [0.2, 0.25) is 0 Å². The fourth-order valence-corrected chi connectivity index (χ4v) is 2.46. The second kappa shape index (κ2) is 9.13. The lowest BCUT2D eigenvalue weighted by Crippen LogP contribution is -2.34. The van der Waals surface area contributed by atoms with Crippen LogP contribution < -0.4 is 15.8 Å². The molecular formula is C18H32N2O2. The lowest BCUT2D eigenvalue weighted by molar-refractivity contribution is 0.128. The Morgan fingerprint density at radius 1 is 1.23 bits per heavy atom. The van der Waals surface area contributed by atoms with Crippen molar-refractivity contribution in [2.45, 2.75) is 52.2 Å². The normalized spacial score (nSPS) is 14.4. The molecule has 0 bridgehead atoms. The molecule has 22 heavy (non-hydrogen) atoms. The number of hydrogen-bond donors (Lipinski definition) is 3. The van der Waals surface area contributed by atoms with E-state index in [1.807, 2.05) is 19.2 Å². The SMILES string of the molecule is CNC(CCN)C(O)c1ccc(OCC(C)C)c(C(C)C)c1. The first-order valence-electron chi connectivity index (χ1n) is 8.22. The van der Waals surface area contributed by atoms with Crippen LogP contribution in [-0.4, -0.2) is 31.3 Å². The summed E-state index contributed by atoms with van der Waals surface area (Å²) >= 11 is 0. The summed E-state index contributed by atoms with van der Waals surface area (Å²) in [4.78, 5) is 0. The highest BCUT2D eigenvalue weighted by Gasteiger charge is 2.20. The molecule has 4 heteroatoms. The lowest BCUT2D eigenvalue weighted by Gasteiger charge is -2.24. The Bertz CT molecular complexity index is 447. The van der Waals surface area contributed by atoms with Crippen LogP contribution in [-0.2, 0) is 0 Å². The smallest absolute Gasteiger partial charge is 0.122 e. The van der Waals surface area contributed by atoms with Crippen molar-refractivity contribution in [1.29, 1.82) is 0 Å². The minimum atomic E-state index is -0.565. The number of hydrogen-bond acceptors (Lipinski definition) is 4. The zero-order chi connectivity index (χ0) is 16.7. The zero-order valence-corrected chi connectivity index (χ0v) is 14.6. The van der Waals surface area contributed by atoms with Gasteiger partial charge in [-0.1, -0.05) is 33.8 Å². The van der Waals surface area contributed by atoms with Gasteiger partial charge in [-0.05, 0) is 55.1 Å². The maximum atomic E-state index is 10.6. The summed E-state index contributed by atoms with van der Waals surface area (Å²) < 4.78 is 5.91. The zero-order valence-electron chi connectivity index (χ0n) is 14.6. The Labute approximate surface area is 135 Å². The van der Waals surface area contributed by atoms with E-state index in [-0.39, 0.29) is 6.04 Å². The van der Waals surface area contributed by atoms with Crippen molar-refractivity contribution >= 4 is 0 Å². The van der Waals surface area contributed by atoms with Gasteiger partial charge >= 0.3 is 0 Å². The molecule has 0 fully saturated rings. The van der Waals surface area contributed by atoms with Crippen molar-refractivity contribution in [3.05, 3.63) is 29.3 Å². The van der Waals surface area contributed by atoms with Crippen LogP contribution in [0.5, 0.6) is 5.75 Å². The molecule has 2 atom stereocenters. The van der Waals surface area contributed by atoms with Gasteiger partial charge in [0.15, 0.2) is 0 Å². The number of benzene rings is 1. The van der Waals surface area contributed by atoms with Crippen LogP contribution in [0.25, 0.3) is 0 Å². The number of ether oxygens (including phenoxy) is 1. The number of nitrogens with two attached hydrogens (primary N) is 1. The summed E-state index contributed by atoms with van der Waals surface area (Å²) in [6.45, 7) is 9.81. The Hall–Kier alpha value is -1.10. The molecule has 1 aromatic rings. The minimum Gasteiger partial charge on any atom is -0.493 e. The van der Waals surface area contributed by atoms with Gasteiger partial charge < -0.3 is 20.9 Å². The van der Waals surface area contributed by atoms with E-state index in [2.05, 4.69) is 39.1 Å². The number of aliphatic hydroxyl groups is 1. The van der Waals surface area contributed by atoms with Crippen LogP contribution in [0.15, 0.2) is 18.2 Å². The maximum Gasteiger partial charge on any atom is 0.122 e. The second-order valence-corrected chi connectivity index (χ2v) is 6.57. The standard InChI is InChI=1S/C18H32N2O2/c1-12(2)11-22-17-7-6-14(10-15(17)13(3)4)18(21)16(20-5)8-9-19/h6-7,10,12-13,16,18,20-21H,8-9,11,19H2,1-5H3. The monoisotopic (exact) mass is 308 g/mol. The van der Waals surface area contributed by atoms with E-state index in [0.29, 0.717) is 25.0 Å². The predicted octanol–water partition coefficient (Wildman–Crippen LogP) is 2.82. The lowest BCUT2D eigenvalue weighted by atomic mass is 9.94. The molecule has 4 N–H and O–H groups in total. The first kappa shape index (κ1) is 18.9. The first-order valence-corrected chi connectivity index (χ1v) is 8.22. The highest BCUT2D eigenvalue weighted by atomic mass is 16.5. The summed E-state index contributed by atoms with van der Waals surface area (Å²) in [5.74, 6) is 1.75. The first-order chi connectivity index (χ1) is 10.4. The third-order valence-electron chi connectivity index (χ3n) is 3.80. The third-order valence-corrected chi connectivity index (χ3v) is 3.80. The van der Waals surface area contributed by atoms with Gasteiger partial charge in [-0.25, -0.2) is 0 Å². The number of likely N-dealkylation sites (N-methyl/N-ethyl adjacent to an activating group) is 1. The van der Waals surface area contributed by atoms with Gasteiger partial charge in [-0.3, -0.25) is 0 Å². The molecule has 1 aromatic carbocycles. The third kappa shape index (κ3) is 5.27. The molecule has 0 spiro atoms. The number of aliphatic hydroxyl groups excluding tert-OH is 1. The van der Waals surface area contributed by atoms with Crippen LogP contribution in [0, 0.1) is 5.92 Å². The number of rotatable bonds is 9. The second-order valence-electron chi connectivity index (χ2n) is 6.57. The summed E-state index contributed by atoms with van der Waals surface area (Å²) in [6.07, 6.45) is 0.172. The molecule has 0 aliphatic carbocycles. The summed E-state index contributed by atoms with van der Waals surface area (Å²) in [5, 5.41) is 13.7. The topological polar surface area (TPSA) is 67.5 Å². The van der Waals surface area contributed by atoms with Crippen LogP contribution in [0.3, 0.4) is 0 Å². The molecule has 0 saturated carbocycles. The van der Waals surface area contributed by atoms with Crippen molar-refractivity contribution < 1.29 is 9.84 Å². The molecular weight excluding hydrogens is 276 g/mol. The van der Waals surface area contributed by atoms with Gasteiger partial charge in [0, 0.05) is 6.04 Å². The van der Waals surface area contributed by atoms with Crippen LogP contribution in [0.1, 0.15) is 57.3 Å². The molecule has 0 aliphatic heterocycles. The molecule has 0 heterocycles. The molecule has 0 aliphatic rings. The van der Waals surface area contributed by atoms with Crippen LogP contribution >= 0.6 is 0 Å². The van der Waals surface area contributed by atoms with Crippen molar-refractivity contribution in [1.82, 2.24) is 5.32 Å². The summed E-state index contributed by atoms with van der Waals surface area (Å²) in [7, 11) is 1.85. The fraction of sp³-hybridized carbons (Fsp3) is 0.667. The minimum absolute atomic E-state index is 0.0348. The average Bonchev–Trinajstić information content (AvgIpc) is 2.49. The van der Waals surface area contributed by atoms with Crippen molar-refractivity contribution in [3.63, 3.8) is 0 Å². The van der Waals surface area contributed by atoms with E-state index >= 15 is 0 Å². The molecule has 0 aromatic heterocycles. The molecule has 2 unspecified atom stereocenters. The predicted molar refractivity (Wildman–Crippen MR) is 92.3 cm³/mol. The molecule has 4 nitrogen and oxygen atoms in total. The van der Waals surface area contributed by atoms with Crippen molar-refractivity contribution in [2.24, 2.45) is 11.7 Å². The van der Waals surface area contributed by atoms with Crippen molar-refractivity contribution in [3.8, 4) is 5.75 Å². The van der Waals surface area contributed by atoms with E-state index in [1.165, 1.54) is 0 Å². The van der Waals surface area contributed by atoms with E-state index < -0.39 is 6.10 Å². The molecule has 0 saturated heterocycles. The molecule has 126 valence electrons.